The number of sulfonamides is 1. The number of carbonyl (C=O) groups excluding carboxylic acids is 1. The molecular formula is C21H30N4O4S. The van der Waals surface area contributed by atoms with Crippen molar-refractivity contribution < 1.29 is 17.9 Å². The topological polar surface area (TPSA) is 95.6 Å². The zero-order chi connectivity index (χ0) is 22.1. The Labute approximate surface area is 178 Å². The fraction of sp³-hybridized carbons (Fsp3) is 0.524. The lowest BCUT2D eigenvalue weighted by Crippen LogP contribution is -2.36. The molecule has 0 saturated carbocycles. The van der Waals surface area contributed by atoms with E-state index in [0.29, 0.717) is 37.5 Å². The second-order valence-corrected chi connectivity index (χ2v) is 10.7. The largest absolute Gasteiger partial charge is 0.491 e. The van der Waals surface area contributed by atoms with E-state index in [9.17, 15) is 13.2 Å². The van der Waals surface area contributed by atoms with Gasteiger partial charge in [-0.25, -0.2) is 8.42 Å². The smallest absolute Gasteiger partial charge is 0.274 e. The van der Waals surface area contributed by atoms with Gasteiger partial charge in [-0.2, -0.15) is 9.40 Å². The van der Waals surface area contributed by atoms with Crippen molar-refractivity contribution in [2.24, 2.45) is 0 Å². The molecule has 0 fully saturated rings. The molecule has 0 saturated heterocycles. The van der Waals surface area contributed by atoms with Crippen LogP contribution in [0.4, 0.5) is 0 Å². The van der Waals surface area contributed by atoms with Crippen LogP contribution < -0.4 is 4.74 Å². The molecule has 1 aromatic carbocycles. The summed E-state index contributed by atoms with van der Waals surface area (Å²) in [5, 5.41) is 7.00. The van der Waals surface area contributed by atoms with Crippen LogP contribution in [0.2, 0.25) is 0 Å². The van der Waals surface area contributed by atoms with Gasteiger partial charge in [0.25, 0.3) is 5.91 Å². The molecule has 8 nitrogen and oxygen atoms in total. The monoisotopic (exact) mass is 434 g/mol. The number of likely N-dealkylation sites (N-methyl/N-ethyl adjacent to an activating group) is 1. The van der Waals surface area contributed by atoms with Crippen molar-refractivity contribution in [3.63, 3.8) is 0 Å². The van der Waals surface area contributed by atoms with E-state index in [1.54, 1.807) is 11.9 Å². The van der Waals surface area contributed by atoms with Gasteiger partial charge >= 0.3 is 0 Å². The number of hydrogen-bond acceptors (Lipinski definition) is 5. The van der Waals surface area contributed by atoms with Gasteiger partial charge in [0.05, 0.1) is 25.0 Å². The van der Waals surface area contributed by atoms with Gasteiger partial charge in [-0.3, -0.25) is 9.89 Å². The van der Waals surface area contributed by atoms with Gasteiger partial charge in [-0.05, 0) is 23.5 Å². The van der Waals surface area contributed by atoms with Crippen LogP contribution in [0, 0.1) is 0 Å². The Morgan fingerprint density at radius 2 is 2.00 bits per heavy atom. The Morgan fingerprint density at radius 3 is 2.67 bits per heavy atom. The fourth-order valence-electron chi connectivity index (χ4n) is 3.54. The van der Waals surface area contributed by atoms with Crippen molar-refractivity contribution in [1.29, 1.82) is 0 Å². The number of fused-ring (bicyclic) bond motifs is 1. The van der Waals surface area contributed by atoms with Crippen molar-refractivity contribution >= 4 is 15.9 Å². The molecule has 9 heteroatoms. The lowest BCUT2D eigenvalue weighted by atomic mass is 9.86. The van der Waals surface area contributed by atoms with Crippen LogP contribution >= 0.6 is 0 Å². The van der Waals surface area contributed by atoms with Crippen LogP contribution in [-0.2, 0) is 28.4 Å². The van der Waals surface area contributed by atoms with E-state index < -0.39 is 10.0 Å². The summed E-state index contributed by atoms with van der Waals surface area (Å²) in [7, 11) is -1.56. The molecular weight excluding hydrogens is 404 g/mol. The fourth-order valence-corrected chi connectivity index (χ4v) is 4.33. The zero-order valence-electron chi connectivity index (χ0n) is 18.2. The molecule has 0 atom stereocenters. The lowest BCUT2D eigenvalue weighted by Gasteiger charge is -2.25. The molecule has 0 radical (unpaired) electrons. The molecule has 3 rings (SSSR count). The second-order valence-electron chi connectivity index (χ2n) is 8.70. The van der Waals surface area contributed by atoms with Crippen LogP contribution in [-0.4, -0.2) is 66.7 Å². The van der Waals surface area contributed by atoms with Crippen LogP contribution in [0.15, 0.2) is 24.3 Å². The van der Waals surface area contributed by atoms with E-state index >= 15 is 0 Å². The molecule has 0 bridgehead atoms. The number of hydrogen-bond donors (Lipinski definition) is 1. The number of ether oxygens (including phenoxy) is 1. The molecule has 0 aliphatic carbocycles. The molecule has 2 aromatic rings. The number of benzene rings is 1. The highest BCUT2D eigenvalue weighted by atomic mass is 32.2. The summed E-state index contributed by atoms with van der Waals surface area (Å²) >= 11 is 0. The zero-order valence-corrected chi connectivity index (χ0v) is 19.0. The molecule has 2 heterocycles. The van der Waals surface area contributed by atoms with Gasteiger partial charge < -0.3 is 9.64 Å². The van der Waals surface area contributed by atoms with E-state index in [-0.39, 0.29) is 17.9 Å². The molecule has 30 heavy (non-hydrogen) atoms. The normalized spacial score (nSPS) is 15.0. The Morgan fingerprint density at radius 1 is 1.30 bits per heavy atom. The van der Waals surface area contributed by atoms with E-state index in [1.165, 1.54) is 10.6 Å². The molecule has 1 aliphatic heterocycles. The molecule has 0 unspecified atom stereocenters. The SMILES string of the molecule is CN(CCOc1ccccc1C(C)(C)C)C(=O)c1n[nH]c2c1CCN(S(C)(=O)=O)C2. The van der Waals surface area contributed by atoms with Crippen LogP contribution in [0.3, 0.4) is 0 Å². The summed E-state index contributed by atoms with van der Waals surface area (Å²) in [4.78, 5) is 14.5. The summed E-state index contributed by atoms with van der Waals surface area (Å²) in [6.07, 6.45) is 1.65. The molecule has 1 amide bonds. The van der Waals surface area contributed by atoms with Crippen molar-refractivity contribution in [3.8, 4) is 5.75 Å². The summed E-state index contributed by atoms with van der Waals surface area (Å²) in [5.41, 5.74) is 2.92. The van der Waals surface area contributed by atoms with Gasteiger partial charge in [-0.1, -0.05) is 39.0 Å². The van der Waals surface area contributed by atoms with E-state index in [1.807, 2.05) is 18.2 Å². The highest BCUT2D eigenvalue weighted by Gasteiger charge is 2.30. The average Bonchev–Trinajstić information content (AvgIpc) is 3.09. The highest BCUT2D eigenvalue weighted by Crippen LogP contribution is 2.31. The Kier molecular flexibility index (Phi) is 6.24. The predicted octanol–water partition coefficient (Wildman–Crippen LogP) is 2.18. The quantitative estimate of drug-likeness (QED) is 0.752. The standard InChI is InChI=1S/C21H30N4O4S/c1-21(2,3)16-8-6-7-9-18(16)29-13-12-24(4)20(26)19-15-10-11-25(30(5,27)28)14-17(15)22-23-19/h6-9H,10-14H2,1-5H3,(H,22,23). The Balaban J connectivity index is 1.63. The number of aromatic nitrogens is 2. The maximum absolute atomic E-state index is 12.9. The Hall–Kier alpha value is -2.39. The number of aromatic amines is 1. The number of nitrogens with one attached hydrogen (secondary N) is 1. The minimum atomic E-state index is -3.27. The number of nitrogens with zero attached hydrogens (tertiary/aromatic N) is 3. The van der Waals surface area contributed by atoms with Crippen molar-refractivity contribution in [1.82, 2.24) is 19.4 Å². The maximum Gasteiger partial charge on any atom is 0.274 e. The number of para-hydroxylation sites is 1. The molecule has 1 aromatic heterocycles. The first-order valence-corrected chi connectivity index (χ1v) is 11.8. The third-order valence-electron chi connectivity index (χ3n) is 5.30. The van der Waals surface area contributed by atoms with Crippen molar-refractivity contribution in [2.45, 2.75) is 39.2 Å². The molecule has 164 valence electrons. The van der Waals surface area contributed by atoms with Crippen LogP contribution in [0.25, 0.3) is 0 Å². The summed E-state index contributed by atoms with van der Waals surface area (Å²) in [6, 6.07) is 7.93. The second kappa shape index (κ2) is 8.39. The van der Waals surface area contributed by atoms with Gasteiger partial charge in [0, 0.05) is 19.2 Å². The van der Waals surface area contributed by atoms with Gasteiger partial charge in [0.1, 0.15) is 12.4 Å². The van der Waals surface area contributed by atoms with E-state index in [4.69, 9.17) is 4.74 Å². The van der Waals surface area contributed by atoms with Crippen LogP contribution in [0.5, 0.6) is 5.75 Å². The van der Waals surface area contributed by atoms with Crippen molar-refractivity contribution in [2.75, 3.05) is 33.0 Å². The molecule has 1 aliphatic rings. The molecule has 0 spiro atoms. The highest BCUT2D eigenvalue weighted by molar-refractivity contribution is 7.88. The summed E-state index contributed by atoms with van der Waals surface area (Å²) < 4.78 is 30.9. The van der Waals surface area contributed by atoms with Gasteiger partial charge in [0.15, 0.2) is 5.69 Å². The number of H-pyrrole nitrogens is 1. The first-order chi connectivity index (χ1) is 14.0. The van der Waals surface area contributed by atoms with Gasteiger partial charge in [0.2, 0.25) is 10.0 Å². The average molecular weight is 435 g/mol. The third kappa shape index (κ3) is 4.84. The summed E-state index contributed by atoms with van der Waals surface area (Å²) in [5.74, 6) is 0.622. The number of amides is 1. The minimum absolute atomic E-state index is 0.0354. The van der Waals surface area contributed by atoms with Gasteiger partial charge in [-0.15, -0.1) is 0 Å². The first kappa shape index (κ1) is 22.3. The predicted molar refractivity (Wildman–Crippen MR) is 115 cm³/mol. The minimum Gasteiger partial charge on any atom is -0.491 e. The first-order valence-electron chi connectivity index (χ1n) is 9.97. The third-order valence-corrected chi connectivity index (χ3v) is 6.55. The Bertz CT molecular complexity index is 1020. The lowest BCUT2D eigenvalue weighted by molar-refractivity contribution is 0.0766. The maximum atomic E-state index is 12.9. The van der Waals surface area contributed by atoms with E-state index in [0.717, 1.165) is 16.9 Å². The number of rotatable bonds is 6. The van der Waals surface area contributed by atoms with E-state index in [2.05, 4.69) is 37.0 Å². The molecule has 1 N–H and O–H groups in total. The van der Waals surface area contributed by atoms with Crippen molar-refractivity contribution in [3.05, 3.63) is 46.8 Å². The van der Waals surface area contributed by atoms with Crippen LogP contribution in [0.1, 0.15) is 48.1 Å². The number of carbonyl (C=O) groups is 1. The summed E-state index contributed by atoms with van der Waals surface area (Å²) in [6.45, 7) is 7.74.